The largest absolute Gasteiger partial charge is 0.0599 e. The Bertz CT molecular complexity index is 297. The van der Waals surface area contributed by atoms with Crippen molar-refractivity contribution >= 4 is 0 Å². The lowest BCUT2D eigenvalue weighted by Gasteiger charge is -2.64. The van der Waals surface area contributed by atoms with Gasteiger partial charge < -0.3 is 0 Å². The van der Waals surface area contributed by atoms with E-state index in [0.29, 0.717) is 10.8 Å². The van der Waals surface area contributed by atoms with Gasteiger partial charge in [-0.3, -0.25) is 0 Å². The zero-order chi connectivity index (χ0) is 13.3. The highest BCUT2D eigenvalue weighted by atomic mass is 14.6. The molecule has 0 aromatic rings. The summed E-state index contributed by atoms with van der Waals surface area (Å²) < 4.78 is 0. The van der Waals surface area contributed by atoms with Crippen LogP contribution in [0.15, 0.2) is 0 Å². The molecule has 4 bridgehead atoms. The maximum atomic E-state index is 2.50. The molecule has 4 saturated carbocycles. The van der Waals surface area contributed by atoms with Gasteiger partial charge in [0, 0.05) is 0 Å². The minimum atomic E-state index is 0.520. The Morgan fingerprint density at radius 1 is 0.611 bits per heavy atom. The Labute approximate surface area is 114 Å². The average molecular weight is 248 g/mol. The highest BCUT2D eigenvalue weighted by Gasteiger charge is 2.58. The van der Waals surface area contributed by atoms with Crippen LogP contribution >= 0.6 is 0 Å². The van der Waals surface area contributed by atoms with Gasteiger partial charge in [-0.1, -0.05) is 41.5 Å². The summed E-state index contributed by atoms with van der Waals surface area (Å²) in [6, 6.07) is 0. The Kier molecular flexibility index (Phi) is 2.72. The van der Waals surface area contributed by atoms with Gasteiger partial charge in [0.1, 0.15) is 0 Å². The van der Waals surface area contributed by atoms with Crippen LogP contribution in [-0.2, 0) is 0 Å². The topological polar surface area (TPSA) is 0 Å². The van der Waals surface area contributed by atoms with Crippen LogP contribution in [0.3, 0.4) is 0 Å². The van der Waals surface area contributed by atoms with E-state index in [1.165, 1.54) is 0 Å². The van der Waals surface area contributed by atoms with E-state index in [1.807, 2.05) is 0 Å². The van der Waals surface area contributed by atoms with Crippen molar-refractivity contribution in [1.82, 2.24) is 0 Å². The molecule has 4 aliphatic carbocycles. The summed E-state index contributed by atoms with van der Waals surface area (Å²) in [6.45, 7) is 15.0. The molecule has 4 rings (SSSR count). The Morgan fingerprint density at radius 2 is 1.06 bits per heavy atom. The van der Waals surface area contributed by atoms with Crippen LogP contribution in [0.1, 0.15) is 67.2 Å². The van der Waals surface area contributed by atoms with Crippen molar-refractivity contribution in [2.24, 2.45) is 46.3 Å². The average Bonchev–Trinajstić information content (AvgIpc) is 2.10. The third kappa shape index (κ3) is 1.86. The van der Waals surface area contributed by atoms with E-state index in [1.54, 1.807) is 25.7 Å². The van der Waals surface area contributed by atoms with E-state index in [0.717, 1.165) is 35.5 Å². The Hall–Kier alpha value is 0. The van der Waals surface area contributed by atoms with E-state index >= 15 is 0 Å². The minimum Gasteiger partial charge on any atom is -0.0599 e. The summed E-state index contributed by atoms with van der Waals surface area (Å²) >= 11 is 0. The molecule has 104 valence electrons. The smallest absolute Gasteiger partial charge is 0.0305 e. The van der Waals surface area contributed by atoms with Crippen LogP contribution < -0.4 is 0 Å². The third-order valence-corrected chi connectivity index (χ3v) is 6.42. The summed E-state index contributed by atoms with van der Waals surface area (Å²) in [5.41, 5.74) is 1.04. The van der Waals surface area contributed by atoms with Gasteiger partial charge in [0.05, 0.1) is 0 Å². The molecule has 0 radical (unpaired) electrons. The number of hydrogen-bond donors (Lipinski definition) is 0. The second kappa shape index (κ2) is 3.76. The van der Waals surface area contributed by atoms with Gasteiger partial charge in [-0.25, -0.2) is 0 Å². The van der Waals surface area contributed by atoms with Crippen LogP contribution in [0, 0.1) is 46.3 Å². The van der Waals surface area contributed by atoms with E-state index in [9.17, 15) is 0 Å². The van der Waals surface area contributed by atoms with Crippen LogP contribution in [-0.4, -0.2) is 0 Å². The molecule has 0 heterocycles. The summed E-state index contributed by atoms with van der Waals surface area (Å²) in [5.74, 6) is 6.23. The van der Waals surface area contributed by atoms with Crippen molar-refractivity contribution in [2.45, 2.75) is 67.2 Å². The maximum absolute atomic E-state index is 2.50. The zero-order valence-corrected chi connectivity index (χ0v) is 13.3. The van der Waals surface area contributed by atoms with E-state index in [2.05, 4.69) is 41.5 Å². The normalized spacial score (nSPS) is 47.7. The summed E-state index contributed by atoms with van der Waals surface area (Å²) in [6.07, 6.45) is 6.23. The van der Waals surface area contributed by atoms with Crippen molar-refractivity contribution in [3.63, 3.8) is 0 Å². The molecule has 18 heavy (non-hydrogen) atoms. The third-order valence-electron chi connectivity index (χ3n) is 6.42. The van der Waals surface area contributed by atoms with Crippen molar-refractivity contribution in [3.05, 3.63) is 0 Å². The fourth-order valence-corrected chi connectivity index (χ4v) is 6.61. The second-order valence-corrected chi connectivity index (χ2v) is 9.78. The van der Waals surface area contributed by atoms with Gasteiger partial charge in [-0.05, 0) is 72.0 Å². The molecule has 0 aromatic heterocycles. The predicted molar refractivity (Wildman–Crippen MR) is 78.3 cm³/mol. The van der Waals surface area contributed by atoms with Crippen LogP contribution in [0.25, 0.3) is 0 Å². The van der Waals surface area contributed by atoms with Gasteiger partial charge in [0.2, 0.25) is 0 Å². The predicted octanol–water partition coefficient (Wildman–Crippen LogP) is 5.38. The van der Waals surface area contributed by atoms with Gasteiger partial charge >= 0.3 is 0 Å². The molecular formula is C18H32. The molecule has 4 fully saturated rings. The highest BCUT2D eigenvalue weighted by molar-refractivity contribution is 5.07. The molecule has 0 amide bonds. The lowest BCUT2D eigenvalue weighted by atomic mass is 9.41. The van der Waals surface area contributed by atoms with Crippen molar-refractivity contribution in [2.75, 3.05) is 0 Å². The molecule has 0 N–H and O–H groups in total. The lowest BCUT2D eigenvalue weighted by molar-refractivity contribution is -0.151. The van der Waals surface area contributed by atoms with Crippen LogP contribution in [0.4, 0.5) is 0 Å². The molecule has 0 saturated heterocycles. The molecule has 0 aromatic carbocycles. The minimum absolute atomic E-state index is 0.520. The summed E-state index contributed by atoms with van der Waals surface area (Å²) in [4.78, 5) is 0. The summed E-state index contributed by atoms with van der Waals surface area (Å²) in [7, 11) is 0. The SMILES string of the molecule is CC(C)(C)C1C2CC3C[C@@H]1C[C@H](C3)C2C(C)(C)C. The fourth-order valence-electron chi connectivity index (χ4n) is 6.61. The monoisotopic (exact) mass is 248 g/mol. The van der Waals surface area contributed by atoms with Crippen molar-refractivity contribution in [3.8, 4) is 0 Å². The molecule has 6 atom stereocenters. The van der Waals surface area contributed by atoms with Crippen LogP contribution in [0.5, 0.6) is 0 Å². The Morgan fingerprint density at radius 3 is 1.44 bits per heavy atom. The van der Waals surface area contributed by atoms with Gasteiger partial charge in [-0.15, -0.1) is 0 Å². The molecule has 4 unspecified atom stereocenters. The molecule has 4 aliphatic rings. The molecule has 0 aliphatic heterocycles. The van der Waals surface area contributed by atoms with Gasteiger partial charge in [0.15, 0.2) is 0 Å². The Balaban J connectivity index is 1.96. The first-order chi connectivity index (χ1) is 8.18. The molecule has 0 heteroatoms. The first-order valence-corrected chi connectivity index (χ1v) is 8.18. The van der Waals surface area contributed by atoms with E-state index < -0.39 is 0 Å². The molecule has 0 nitrogen and oxygen atoms in total. The molecular weight excluding hydrogens is 216 g/mol. The van der Waals surface area contributed by atoms with E-state index in [4.69, 9.17) is 0 Å². The summed E-state index contributed by atoms with van der Waals surface area (Å²) in [5, 5.41) is 0. The number of hydrogen-bond acceptors (Lipinski definition) is 0. The van der Waals surface area contributed by atoms with Crippen molar-refractivity contribution < 1.29 is 0 Å². The highest BCUT2D eigenvalue weighted by Crippen LogP contribution is 2.65. The molecule has 0 spiro atoms. The van der Waals surface area contributed by atoms with E-state index in [-0.39, 0.29) is 0 Å². The van der Waals surface area contributed by atoms with Gasteiger partial charge in [-0.2, -0.15) is 0 Å². The maximum Gasteiger partial charge on any atom is -0.0305 e. The lowest BCUT2D eigenvalue weighted by Crippen LogP contribution is -2.57. The van der Waals surface area contributed by atoms with Crippen molar-refractivity contribution in [1.29, 1.82) is 0 Å². The quantitative estimate of drug-likeness (QED) is 0.540. The fraction of sp³-hybridized carbons (Fsp3) is 1.00. The first-order valence-electron chi connectivity index (χ1n) is 8.18. The second-order valence-electron chi connectivity index (χ2n) is 9.78. The van der Waals surface area contributed by atoms with Crippen LogP contribution in [0.2, 0.25) is 0 Å². The zero-order valence-electron chi connectivity index (χ0n) is 13.3. The standard InChI is InChI=1S/C18H32/c1-17(2,3)15-12-7-11-8-13(10-12)16(14(15)9-11)18(4,5)6/h11-16H,7-10H2,1-6H3/t11?,12-,13+,14?,15?,16?. The van der Waals surface area contributed by atoms with Gasteiger partial charge in [0.25, 0.3) is 0 Å². The number of rotatable bonds is 0. The first kappa shape index (κ1) is 13.0.